The highest BCUT2D eigenvalue weighted by Crippen LogP contribution is 2.33. The average Bonchev–Trinajstić information content (AvgIpc) is 2.89. The smallest absolute Gasteiger partial charge is 0.218 e. The van der Waals surface area contributed by atoms with Gasteiger partial charge in [0.25, 0.3) is 0 Å². The van der Waals surface area contributed by atoms with E-state index < -0.39 is 0 Å². The van der Waals surface area contributed by atoms with Crippen molar-refractivity contribution in [3.63, 3.8) is 0 Å². The fourth-order valence-corrected chi connectivity index (χ4v) is 3.51. The van der Waals surface area contributed by atoms with Crippen LogP contribution in [0.4, 0.5) is 0 Å². The SMILES string of the molecule is CC1CCC(Oc2nc3c(cc2CN)CCC3)CC1C. The number of aromatic nitrogens is 1. The van der Waals surface area contributed by atoms with E-state index >= 15 is 0 Å². The Morgan fingerprint density at radius 3 is 2.85 bits per heavy atom. The molecule has 0 aromatic carbocycles. The molecule has 1 aromatic rings. The fourth-order valence-electron chi connectivity index (χ4n) is 3.51. The highest BCUT2D eigenvalue weighted by Gasteiger charge is 2.27. The Morgan fingerprint density at radius 2 is 2.10 bits per heavy atom. The van der Waals surface area contributed by atoms with E-state index in [-0.39, 0.29) is 0 Å². The molecule has 3 unspecified atom stereocenters. The molecular weight excluding hydrogens is 248 g/mol. The van der Waals surface area contributed by atoms with E-state index in [1.54, 1.807) is 0 Å². The first-order valence-electron chi connectivity index (χ1n) is 8.05. The molecule has 110 valence electrons. The van der Waals surface area contributed by atoms with Gasteiger partial charge in [-0.2, -0.15) is 0 Å². The van der Waals surface area contributed by atoms with Gasteiger partial charge < -0.3 is 10.5 Å². The van der Waals surface area contributed by atoms with E-state index in [1.165, 1.54) is 24.1 Å². The van der Waals surface area contributed by atoms with Crippen molar-refractivity contribution in [2.45, 2.75) is 65.0 Å². The van der Waals surface area contributed by atoms with Crippen LogP contribution in [0.2, 0.25) is 0 Å². The topological polar surface area (TPSA) is 48.1 Å². The van der Waals surface area contributed by atoms with Crippen molar-refractivity contribution >= 4 is 0 Å². The minimum absolute atomic E-state index is 0.318. The van der Waals surface area contributed by atoms with E-state index in [9.17, 15) is 0 Å². The van der Waals surface area contributed by atoms with Crippen molar-refractivity contribution in [3.8, 4) is 5.88 Å². The summed E-state index contributed by atoms with van der Waals surface area (Å²) < 4.78 is 6.23. The molecule has 1 saturated carbocycles. The molecule has 1 heterocycles. The van der Waals surface area contributed by atoms with Gasteiger partial charge in [0.2, 0.25) is 5.88 Å². The summed E-state index contributed by atoms with van der Waals surface area (Å²) in [6.45, 7) is 5.20. The number of rotatable bonds is 3. The molecule has 0 amide bonds. The van der Waals surface area contributed by atoms with Gasteiger partial charge in [-0.05, 0) is 62.0 Å². The second kappa shape index (κ2) is 5.72. The van der Waals surface area contributed by atoms with E-state index in [2.05, 4.69) is 19.9 Å². The van der Waals surface area contributed by atoms with Crippen LogP contribution in [-0.2, 0) is 19.4 Å². The van der Waals surface area contributed by atoms with Gasteiger partial charge in [-0.3, -0.25) is 0 Å². The van der Waals surface area contributed by atoms with Crippen LogP contribution in [-0.4, -0.2) is 11.1 Å². The van der Waals surface area contributed by atoms with Crippen LogP contribution in [0.3, 0.4) is 0 Å². The summed E-state index contributed by atoms with van der Waals surface area (Å²) in [6, 6.07) is 2.22. The zero-order valence-corrected chi connectivity index (χ0v) is 12.7. The summed E-state index contributed by atoms with van der Waals surface area (Å²) in [5.74, 6) is 2.36. The summed E-state index contributed by atoms with van der Waals surface area (Å²) in [5, 5.41) is 0. The number of pyridine rings is 1. The Morgan fingerprint density at radius 1 is 1.25 bits per heavy atom. The molecule has 2 N–H and O–H groups in total. The van der Waals surface area contributed by atoms with Gasteiger partial charge in [-0.1, -0.05) is 13.8 Å². The molecule has 1 aromatic heterocycles. The van der Waals surface area contributed by atoms with Crippen molar-refractivity contribution in [3.05, 3.63) is 22.9 Å². The fraction of sp³-hybridized carbons (Fsp3) is 0.706. The van der Waals surface area contributed by atoms with Gasteiger partial charge in [-0.25, -0.2) is 4.98 Å². The molecule has 0 saturated heterocycles. The lowest BCUT2D eigenvalue weighted by molar-refractivity contribution is 0.0953. The number of fused-ring (bicyclic) bond motifs is 1. The molecule has 3 rings (SSSR count). The van der Waals surface area contributed by atoms with E-state index in [0.29, 0.717) is 12.6 Å². The Kier molecular flexibility index (Phi) is 3.97. The molecule has 3 nitrogen and oxygen atoms in total. The van der Waals surface area contributed by atoms with E-state index in [0.717, 1.165) is 49.0 Å². The van der Waals surface area contributed by atoms with Crippen molar-refractivity contribution < 1.29 is 4.74 Å². The summed E-state index contributed by atoms with van der Waals surface area (Å²) in [4.78, 5) is 4.76. The van der Waals surface area contributed by atoms with Crippen LogP contribution >= 0.6 is 0 Å². The highest BCUT2D eigenvalue weighted by atomic mass is 16.5. The van der Waals surface area contributed by atoms with Gasteiger partial charge >= 0.3 is 0 Å². The van der Waals surface area contributed by atoms with Crippen LogP contribution in [0.15, 0.2) is 6.07 Å². The predicted molar refractivity (Wildman–Crippen MR) is 80.7 cm³/mol. The number of hydrogen-bond donors (Lipinski definition) is 1. The maximum atomic E-state index is 6.23. The van der Waals surface area contributed by atoms with Crippen molar-refractivity contribution in [1.82, 2.24) is 4.98 Å². The Bertz CT molecular complexity index is 486. The molecule has 1 fully saturated rings. The average molecular weight is 274 g/mol. The number of ether oxygens (including phenoxy) is 1. The molecule has 0 spiro atoms. The molecule has 0 bridgehead atoms. The summed E-state index contributed by atoms with van der Waals surface area (Å²) in [5.41, 5.74) is 9.57. The number of nitrogens with two attached hydrogens (primary N) is 1. The van der Waals surface area contributed by atoms with Crippen molar-refractivity contribution in [2.75, 3.05) is 0 Å². The molecule has 3 heteroatoms. The molecule has 2 aliphatic rings. The largest absolute Gasteiger partial charge is 0.474 e. The molecule has 3 atom stereocenters. The Balaban J connectivity index is 1.77. The van der Waals surface area contributed by atoms with Gasteiger partial charge in [0.05, 0.1) is 0 Å². The van der Waals surface area contributed by atoms with Crippen molar-refractivity contribution in [1.29, 1.82) is 0 Å². The molecular formula is C17H26N2O. The number of hydrogen-bond acceptors (Lipinski definition) is 3. The predicted octanol–water partition coefficient (Wildman–Crippen LogP) is 3.23. The monoisotopic (exact) mass is 274 g/mol. The minimum atomic E-state index is 0.318. The first-order valence-corrected chi connectivity index (χ1v) is 8.05. The van der Waals surface area contributed by atoms with Crippen LogP contribution in [0, 0.1) is 11.8 Å². The zero-order valence-electron chi connectivity index (χ0n) is 12.7. The standard InChI is InChI=1S/C17H26N2O/c1-11-6-7-15(8-12(11)2)20-17-14(10-18)9-13-4-3-5-16(13)19-17/h9,11-12,15H,3-8,10,18H2,1-2H3. The third-order valence-electron chi connectivity index (χ3n) is 5.14. The molecule has 0 aliphatic heterocycles. The highest BCUT2D eigenvalue weighted by molar-refractivity contribution is 5.36. The molecule has 2 aliphatic carbocycles. The summed E-state index contributed by atoms with van der Waals surface area (Å²) in [6.07, 6.45) is 7.32. The van der Waals surface area contributed by atoms with Gasteiger partial charge in [-0.15, -0.1) is 0 Å². The lowest BCUT2D eigenvalue weighted by atomic mass is 9.80. The van der Waals surface area contributed by atoms with Crippen LogP contribution in [0.5, 0.6) is 5.88 Å². The lowest BCUT2D eigenvalue weighted by Crippen LogP contribution is -2.29. The van der Waals surface area contributed by atoms with Crippen molar-refractivity contribution in [2.24, 2.45) is 17.6 Å². The second-order valence-corrected chi connectivity index (χ2v) is 6.62. The first kappa shape index (κ1) is 13.9. The quantitative estimate of drug-likeness (QED) is 0.920. The normalized spacial score (nSPS) is 29.2. The van der Waals surface area contributed by atoms with Gasteiger partial charge in [0.1, 0.15) is 6.10 Å². The molecule has 20 heavy (non-hydrogen) atoms. The zero-order chi connectivity index (χ0) is 14.1. The summed E-state index contributed by atoms with van der Waals surface area (Å²) >= 11 is 0. The van der Waals surface area contributed by atoms with E-state index in [4.69, 9.17) is 15.5 Å². The van der Waals surface area contributed by atoms with Crippen LogP contribution < -0.4 is 10.5 Å². The third-order valence-corrected chi connectivity index (χ3v) is 5.14. The van der Waals surface area contributed by atoms with E-state index in [1.807, 2.05) is 0 Å². The van der Waals surface area contributed by atoms with Gasteiger partial charge in [0, 0.05) is 17.8 Å². The van der Waals surface area contributed by atoms with Crippen LogP contribution in [0.25, 0.3) is 0 Å². The maximum Gasteiger partial charge on any atom is 0.218 e. The Hall–Kier alpha value is -1.09. The second-order valence-electron chi connectivity index (χ2n) is 6.62. The number of nitrogens with zero attached hydrogens (tertiary/aromatic N) is 1. The maximum absolute atomic E-state index is 6.23. The summed E-state index contributed by atoms with van der Waals surface area (Å²) in [7, 11) is 0. The first-order chi connectivity index (χ1) is 9.67. The van der Waals surface area contributed by atoms with Crippen LogP contribution in [0.1, 0.15) is 56.4 Å². The number of aryl methyl sites for hydroxylation is 2. The van der Waals surface area contributed by atoms with Gasteiger partial charge in [0.15, 0.2) is 0 Å². The molecule has 0 radical (unpaired) electrons. The minimum Gasteiger partial charge on any atom is -0.474 e. The Labute approximate surface area is 121 Å². The third kappa shape index (κ3) is 2.69. The lowest BCUT2D eigenvalue weighted by Gasteiger charge is -2.32.